The van der Waals surface area contributed by atoms with Crippen LogP contribution in [0.3, 0.4) is 0 Å². The van der Waals surface area contributed by atoms with Crippen molar-refractivity contribution in [2.45, 2.75) is 76.6 Å². The van der Waals surface area contributed by atoms with Gasteiger partial charge in [-0.2, -0.15) is 0 Å². The van der Waals surface area contributed by atoms with Crippen LogP contribution in [0.15, 0.2) is 0 Å². The molecular formula is C14H28O3. The van der Waals surface area contributed by atoms with Gasteiger partial charge >= 0.3 is 0 Å². The lowest BCUT2D eigenvalue weighted by Crippen LogP contribution is -2.29. The molecule has 17 heavy (non-hydrogen) atoms. The van der Waals surface area contributed by atoms with Gasteiger partial charge in [0.25, 0.3) is 0 Å². The highest BCUT2D eigenvalue weighted by Gasteiger charge is 2.37. The van der Waals surface area contributed by atoms with E-state index in [4.69, 9.17) is 9.47 Å². The molecule has 0 saturated carbocycles. The van der Waals surface area contributed by atoms with E-state index in [2.05, 4.69) is 6.92 Å². The van der Waals surface area contributed by atoms with Gasteiger partial charge in [-0.05, 0) is 6.42 Å². The van der Waals surface area contributed by atoms with Crippen LogP contribution in [-0.2, 0) is 9.47 Å². The number of ether oxygens (including phenoxy) is 2. The van der Waals surface area contributed by atoms with E-state index in [0.29, 0.717) is 13.0 Å². The molecule has 1 aliphatic rings. The van der Waals surface area contributed by atoms with Crippen molar-refractivity contribution in [2.24, 2.45) is 0 Å². The molecular weight excluding hydrogens is 216 g/mol. The minimum absolute atomic E-state index is 0.204. The molecule has 0 aromatic heterocycles. The van der Waals surface area contributed by atoms with Crippen LogP contribution in [0.25, 0.3) is 0 Å². The van der Waals surface area contributed by atoms with E-state index in [-0.39, 0.29) is 6.29 Å². The van der Waals surface area contributed by atoms with E-state index >= 15 is 0 Å². The zero-order valence-electron chi connectivity index (χ0n) is 11.4. The highest BCUT2D eigenvalue weighted by Crippen LogP contribution is 2.29. The third-order valence-corrected chi connectivity index (χ3v) is 3.59. The molecule has 0 aliphatic carbocycles. The Bertz CT molecular complexity index is 196. The van der Waals surface area contributed by atoms with Gasteiger partial charge in [-0.1, -0.05) is 51.9 Å². The fraction of sp³-hybridized carbons (Fsp3) is 1.00. The van der Waals surface area contributed by atoms with Crippen molar-refractivity contribution in [2.75, 3.05) is 13.7 Å². The van der Waals surface area contributed by atoms with E-state index in [1.54, 1.807) is 7.11 Å². The van der Waals surface area contributed by atoms with Crippen LogP contribution in [0.2, 0.25) is 0 Å². The quantitative estimate of drug-likeness (QED) is 0.633. The summed E-state index contributed by atoms with van der Waals surface area (Å²) < 4.78 is 10.5. The molecule has 0 aromatic carbocycles. The maximum atomic E-state index is 10.2. The summed E-state index contributed by atoms with van der Waals surface area (Å²) in [4.78, 5) is 0. The van der Waals surface area contributed by atoms with Crippen molar-refractivity contribution in [1.82, 2.24) is 0 Å². The second-order valence-corrected chi connectivity index (χ2v) is 5.28. The standard InChI is InChI=1S/C14H28O3/c1-3-4-5-6-7-8-9-10-14(15)11-13(16-2)17-12-14/h13,15H,3-12H2,1-2H3/t13-,14-/m1/s1. The van der Waals surface area contributed by atoms with E-state index < -0.39 is 5.60 Å². The Morgan fingerprint density at radius 1 is 1.18 bits per heavy atom. The van der Waals surface area contributed by atoms with Crippen LogP contribution in [-0.4, -0.2) is 30.7 Å². The van der Waals surface area contributed by atoms with Crippen LogP contribution in [0.1, 0.15) is 64.7 Å². The van der Waals surface area contributed by atoms with Gasteiger partial charge in [-0.3, -0.25) is 0 Å². The number of hydrogen-bond donors (Lipinski definition) is 1. The lowest BCUT2D eigenvalue weighted by atomic mass is 9.94. The van der Waals surface area contributed by atoms with Gasteiger partial charge in [0.05, 0.1) is 12.2 Å². The molecule has 3 nitrogen and oxygen atoms in total. The average molecular weight is 244 g/mol. The molecule has 1 fully saturated rings. The number of rotatable bonds is 9. The molecule has 0 amide bonds. The number of hydrogen-bond acceptors (Lipinski definition) is 3. The van der Waals surface area contributed by atoms with Crippen molar-refractivity contribution in [3.05, 3.63) is 0 Å². The largest absolute Gasteiger partial charge is 0.387 e. The SMILES string of the molecule is CCCCCCCCC[C@]1(O)CO[C@@H](OC)C1. The lowest BCUT2D eigenvalue weighted by Gasteiger charge is -2.19. The maximum Gasteiger partial charge on any atom is 0.160 e. The summed E-state index contributed by atoms with van der Waals surface area (Å²) in [6.45, 7) is 2.67. The second-order valence-electron chi connectivity index (χ2n) is 5.28. The molecule has 0 aromatic rings. The van der Waals surface area contributed by atoms with Gasteiger partial charge in [0.2, 0.25) is 0 Å². The number of methoxy groups -OCH3 is 1. The fourth-order valence-corrected chi connectivity index (χ4v) is 2.41. The zero-order valence-corrected chi connectivity index (χ0v) is 11.4. The van der Waals surface area contributed by atoms with Crippen molar-refractivity contribution in [3.8, 4) is 0 Å². The molecule has 1 aliphatic heterocycles. The second kappa shape index (κ2) is 8.06. The summed E-state index contributed by atoms with van der Waals surface area (Å²) in [6, 6.07) is 0. The van der Waals surface area contributed by atoms with E-state index in [1.807, 2.05) is 0 Å². The fourth-order valence-electron chi connectivity index (χ4n) is 2.41. The molecule has 1 saturated heterocycles. The van der Waals surface area contributed by atoms with Gasteiger partial charge in [-0.15, -0.1) is 0 Å². The van der Waals surface area contributed by atoms with Crippen LogP contribution >= 0.6 is 0 Å². The summed E-state index contributed by atoms with van der Waals surface area (Å²) in [5.41, 5.74) is -0.635. The first-order chi connectivity index (χ1) is 8.20. The zero-order chi connectivity index (χ0) is 12.6. The Kier molecular flexibility index (Phi) is 7.09. The Balaban J connectivity index is 1.99. The third-order valence-electron chi connectivity index (χ3n) is 3.59. The van der Waals surface area contributed by atoms with E-state index in [1.165, 1.54) is 38.5 Å². The summed E-state index contributed by atoms with van der Waals surface area (Å²) in [6.07, 6.45) is 10.2. The van der Waals surface area contributed by atoms with Gasteiger partial charge in [-0.25, -0.2) is 0 Å². The van der Waals surface area contributed by atoms with Crippen LogP contribution < -0.4 is 0 Å². The molecule has 102 valence electrons. The Morgan fingerprint density at radius 3 is 2.41 bits per heavy atom. The van der Waals surface area contributed by atoms with Crippen molar-refractivity contribution in [3.63, 3.8) is 0 Å². The molecule has 1 heterocycles. The minimum atomic E-state index is -0.635. The summed E-state index contributed by atoms with van der Waals surface area (Å²) in [7, 11) is 1.63. The Labute approximate surface area is 105 Å². The first kappa shape index (κ1) is 14.9. The van der Waals surface area contributed by atoms with Crippen LogP contribution in [0.5, 0.6) is 0 Å². The number of unbranched alkanes of at least 4 members (excludes halogenated alkanes) is 6. The van der Waals surface area contributed by atoms with Crippen molar-refractivity contribution >= 4 is 0 Å². The monoisotopic (exact) mass is 244 g/mol. The van der Waals surface area contributed by atoms with Gasteiger partial charge < -0.3 is 14.6 Å². The predicted octanol–water partition coefficient (Wildman–Crippen LogP) is 3.25. The molecule has 0 spiro atoms. The summed E-state index contributed by atoms with van der Waals surface area (Å²) in [5, 5.41) is 10.2. The van der Waals surface area contributed by atoms with Gasteiger partial charge in [0, 0.05) is 13.5 Å². The van der Waals surface area contributed by atoms with Crippen molar-refractivity contribution < 1.29 is 14.6 Å². The molecule has 1 rings (SSSR count). The lowest BCUT2D eigenvalue weighted by molar-refractivity contribution is -0.0888. The number of aliphatic hydroxyl groups is 1. The molecule has 0 unspecified atom stereocenters. The van der Waals surface area contributed by atoms with Gasteiger partial charge in [0.1, 0.15) is 0 Å². The van der Waals surface area contributed by atoms with Crippen molar-refractivity contribution in [1.29, 1.82) is 0 Å². The van der Waals surface area contributed by atoms with Crippen LogP contribution in [0, 0.1) is 0 Å². The first-order valence-corrected chi connectivity index (χ1v) is 7.07. The minimum Gasteiger partial charge on any atom is -0.387 e. The normalized spacial score (nSPS) is 28.8. The topological polar surface area (TPSA) is 38.7 Å². The maximum absolute atomic E-state index is 10.2. The third kappa shape index (κ3) is 5.84. The Hall–Kier alpha value is -0.120. The highest BCUT2D eigenvalue weighted by molar-refractivity contribution is 4.84. The molecule has 0 radical (unpaired) electrons. The first-order valence-electron chi connectivity index (χ1n) is 7.07. The molecule has 3 heteroatoms. The van der Waals surface area contributed by atoms with E-state index in [9.17, 15) is 5.11 Å². The highest BCUT2D eigenvalue weighted by atomic mass is 16.7. The predicted molar refractivity (Wildman–Crippen MR) is 68.9 cm³/mol. The summed E-state index contributed by atoms with van der Waals surface area (Å²) >= 11 is 0. The summed E-state index contributed by atoms with van der Waals surface area (Å²) in [5.74, 6) is 0. The average Bonchev–Trinajstić information content (AvgIpc) is 2.70. The smallest absolute Gasteiger partial charge is 0.160 e. The van der Waals surface area contributed by atoms with Gasteiger partial charge in [0.15, 0.2) is 6.29 Å². The Morgan fingerprint density at radius 2 is 1.82 bits per heavy atom. The van der Waals surface area contributed by atoms with E-state index in [0.717, 1.165) is 12.8 Å². The molecule has 1 N–H and O–H groups in total. The molecule has 0 bridgehead atoms. The van der Waals surface area contributed by atoms with Crippen LogP contribution in [0.4, 0.5) is 0 Å². The molecule has 2 atom stereocenters.